The van der Waals surface area contributed by atoms with Crippen LogP contribution in [0.1, 0.15) is 13.8 Å². The zero-order valence-electron chi connectivity index (χ0n) is 8.43. The molecule has 3 heteroatoms. The van der Waals surface area contributed by atoms with Gasteiger partial charge in [0.2, 0.25) is 5.91 Å². The summed E-state index contributed by atoms with van der Waals surface area (Å²) in [4.78, 5) is 10.9. The minimum atomic E-state index is -0.424. The normalized spacial score (nSPS) is 12.2. The molecule has 0 aliphatic rings. The van der Waals surface area contributed by atoms with Gasteiger partial charge in [-0.05, 0) is 31.6 Å². The quantitative estimate of drug-likeness (QED) is 0.542. The van der Waals surface area contributed by atoms with Crippen LogP contribution in [-0.2, 0) is 4.79 Å². The van der Waals surface area contributed by atoms with Gasteiger partial charge in [-0.3, -0.25) is 4.79 Å². The number of carbonyl (C=O) groups excluding carboxylic acids is 1. The standard InChI is InChI=1S/C11H14FNO/c1-5-9(12)7-10(8(3)4)13-11(14)6-2/h5-7H,2-3H2,1,4H3,(H,13,14)/b9-5+,10-7+. The lowest BCUT2D eigenvalue weighted by molar-refractivity contribution is -0.115. The molecule has 0 unspecified atom stereocenters. The first kappa shape index (κ1) is 12.4. The van der Waals surface area contributed by atoms with Crippen molar-refractivity contribution in [1.29, 1.82) is 0 Å². The number of allylic oxidation sites excluding steroid dienone is 4. The smallest absolute Gasteiger partial charge is 0.247 e. The Bertz CT molecular complexity index is 313. The molecule has 1 N–H and O–H groups in total. The fourth-order valence-corrected chi connectivity index (χ4v) is 0.671. The van der Waals surface area contributed by atoms with Crippen LogP contribution < -0.4 is 5.32 Å². The van der Waals surface area contributed by atoms with Crippen molar-refractivity contribution in [1.82, 2.24) is 5.32 Å². The van der Waals surface area contributed by atoms with Gasteiger partial charge in [-0.15, -0.1) is 0 Å². The van der Waals surface area contributed by atoms with E-state index < -0.39 is 5.83 Å². The molecule has 0 heterocycles. The molecule has 0 aromatic rings. The number of hydrogen-bond donors (Lipinski definition) is 1. The molecule has 0 aromatic carbocycles. The predicted molar refractivity (Wildman–Crippen MR) is 56.1 cm³/mol. The van der Waals surface area contributed by atoms with Gasteiger partial charge < -0.3 is 5.32 Å². The van der Waals surface area contributed by atoms with E-state index in [1.165, 1.54) is 12.2 Å². The Kier molecular flexibility index (Phi) is 5.22. The molecule has 1 amide bonds. The SMILES string of the molecule is C=CC(=O)N/C(=C/C(F)=C\C)C(=C)C. The van der Waals surface area contributed by atoms with Gasteiger partial charge in [-0.2, -0.15) is 0 Å². The summed E-state index contributed by atoms with van der Waals surface area (Å²) in [6.07, 6.45) is 3.62. The molecule has 0 fully saturated rings. The van der Waals surface area contributed by atoms with E-state index >= 15 is 0 Å². The Morgan fingerprint density at radius 1 is 1.50 bits per heavy atom. The first-order valence-corrected chi connectivity index (χ1v) is 4.14. The first-order chi connectivity index (χ1) is 6.51. The van der Waals surface area contributed by atoms with Crippen molar-refractivity contribution < 1.29 is 9.18 Å². The molecule has 0 aliphatic heterocycles. The lowest BCUT2D eigenvalue weighted by atomic mass is 10.2. The summed E-state index contributed by atoms with van der Waals surface area (Å²) in [5, 5.41) is 2.46. The molecule has 2 nitrogen and oxygen atoms in total. The third-order valence-electron chi connectivity index (χ3n) is 1.46. The Morgan fingerprint density at radius 3 is 2.43 bits per heavy atom. The van der Waals surface area contributed by atoms with Crippen molar-refractivity contribution in [2.24, 2.45) is 0 Å². The minimum absolute atomic E-state index is 0.352. The number of halogens is 1. The predicted octanol–water partition coefficient (Wildman–Crippen LogP) is 2.62. The molecule has 0 aromatic heterocycles. The van der Waals surface area contributed by atoms with E-state index in [0.717, 1.165) is 6.08 Å². The number of rotatable bonds is 4. The Hall–Kier alpha value is -1.64. The molecule has 0 radical (unpaired) electrons. The monoisotopic (exact) mass is 195 g/mol. The van der Waals surface area contributed by atoms with Crippen LogP contribution in [0.25, 0.3) is 0 Å². The maximum Gasteiger partial charge on any atom is 0.247 e. The number of nitrogens with one attached hydrogen (secondary N) is 1. The third-order valence-corrected chi connectivity index (χ3v) is 1.46. The molecule has 76 valence electrons. The van der Waals surface area contributed by atoms with Gasteiger partial charge in [0.15, 0.2) is 0 Å². The lowest BCUT2D eigenvalue weighted by Gasteiger charge is -2.06. The highest BCUT2D eigenvalue weighted by Gasteiger charge is 2.02. The lowest BCUT2D eigenvalue weighted by Crippen LogP contribution is -2.20. The summed E-state index contributed by atoms with van der Waals surface area (Å²) in [5.41, 5.74) is 0.933. The summed E-state index contributed by atoms with van der Waals surface area (Å²) in [6, 6.07) is 0. The Balaban J connectivity index is 4.78. The van der Waals surface area contributed by atoms with Crippen molar-refractivity contribution in [3.05, 3.63) is 48.5 Å². The average Bonchev–Trinajstić information content (AvgIpc) is 2.16. The van der Waals surface area contributed by atoms with Crippen molar-refractivity contribution in [3.8, 4) is 0 Å². The molecule has 14 heavy (non-hydrogen) atoms. The molecular formula is C11H14FNO. The van der Waals surface area contributed by atoms with Crippen LogP contribution in [0.3, 0.4) is 0 Å². The molecular weight excluding hydrogens is 181 g/mol. The average molecular weight is 195 g/mol. The van der Waals surface area contributed by atoms with Crippen LogP contribution in [-0.4, -0.2) is 5.91 Å². The van der Waals surface area contributed by atoms with Gasteiger partial charge in [-0.25, -0.2) is 4.39 Å². The van der Waals surface area contributed by atoms with E-state index in [9.17, 15) is 9.18 Å². The van der Waals surface area contributed by atoms with E-state index in [1.807, 2.05) is 0 Å². The summed E-state index contributed by atoms with van der Waals surface area (Å²) >= 11 is 0. The van der Waals surface area contributed by atoms with Gasteiger partial charge in [-0.1, -0.05) is 19.2 Å². The van der Waals surface area contributed by atoms with Crippen molar-refractivity contribution in [2.45, 2.75) is 13.8 Å². The zero-order valence-corrected chi connectivity index (χ0v) is 8.43. The van der Waals surface area contributed by atoms with Gasteiger partial charge in [0.25, 0.3) is 0 Å². The maximum absolute atomic E-state index is 12.9. The Labute approximate surface area is 83.5 Å². The fraction of sp³-hybridized carbons (Fsp3) is 0.182. The van der Waals surface area contributed by atoms with Crippen LogP contribution in [0.15, 0.2) is 48.5 Å². The fourth-order valence-electron chi connectivity index (χ4n) is 0.671. The van der Waals surface area contributed by atoms with Crippen LogP contribution in [0.5, 0.6) is 0 Å². The first-order valence-electron chi connectivity index (χ1n) is 4.14. The van der Waals surface area contributed by atoms with Crippen LogP contribution in [0.2, 0.25) is 0 Å². The van der Waals surface area contributed by atoms with Crippen molar-refractivity contribution in [3.63, 3.8) is 0 Å². The van der Waals surface area contributed by atoms with Gasteiger partial charge in [0.05, 0.1) is 0 Å². The number of carbonyl (C=O) groups is 1. The van der Waals surface area contributed by atoms with E-state index in [-0.39, 0.29) is 5.91 Å². The van der Waals surface area contributed by atoms with Gasteiger partial charge in [0.1, 0.15) is 5.83 Å². The second kappa shape index (κ2) is 5.91. The summed E-state index contributed by atoms with van der Waals surface area (Å²) in [7, 11) is 0. The van der Waals surface area contributed by atoms with Crippen molar-refractivity contribution >= 4 is 5.91 Å². The molecule has 0 rings (SSSR count). The highest BCUT2D eigenvalue weighted by atomic mass is 19.1. The summed E-state index contributed by atoms with van der Waals surface area (Å²) in [6.45, 7) is 10.2. The minimum Gasteiger partial charge on any atom is -0.322 e. The summed E-state index contributed by atoms with van der Waals surface area (Å²) in [5.74, 6) is -0.810. The third kappa shape index (κ3) is 4.40. The highest BCUT2D eigenvalue weighted by Crippen LogP contribution is 2.08. The topological polar surface area (TPSA) is 29.1 Å². The van der Waals surface area contributed by atoms with Gasteiger partial charge >= 0.3 is 0 Å². The van der Waals surface area contributed by atoms with E-state index in [0.29, 0.717) is 11.3 Å². The van der Waals surface area contributed by atoms with Crippen LogP contribution in [0, 0.1) is 0 Å². The van der Waals surface area contributed by atoms with Gasteiger partial charge in [0, 0.05) is 5.70 Å². The molecule has 0 saturated heterocycles. The van der Waals surface area contributed by atoms with E-state index in [1.54, 1.807) is 13.8 Å². The maximum atomic E-state index is 12.9. The number of hydrogen-bond acceptors (Lipinski definition) is 1. The summed E-state index contributed by atoms with van der Waals surface area (Å²) < 4.78 is 12.9. The molecule has 0 saturated carbocycles. The largest absolute Gasteiger partial charge is 0.322 e. The molecule has 0 atom stereocenters. The Morgan fingerprint density at radius 2 is 2.07 bits per heavy atom. The van der Waals surface area contributed by atoms with Crippen LogP contribution in [0.4, 0.5) is 4.39 Å². The van der Waals surface area contributed by atoms with Crippen LogP contribution >= 0.6 is 0 Å². The molecule has 0 spiro atoms. The zero-order chi connectivity index (χ0) is 11.1. The second-order valence-electron chi connectivity index (χ2n) is 2.71. The van der Waals surface area contributed by atoms with E-state index in [2.05, 4.69) is 18.5 Å². The van der Waals surface area contributed by atoms with E-state index in [4.69, 9.17) is 0 Å². The number of amides is 1. The van der Waals surface area contributed by atoms with Crippen molar-refractivity contribution in [2.75, 3.05) is 0 Å². The molecule has 0 bridgehead atoms. The second-order valence-corrected chi connectivity index (χ2v) is 2.71. The molecule has 0 aliphatic carbocycles. The highest BCUT2D eigenvalue weighted by molar-refractivity contribution is 5.88.